The second-order valence-electron chi connectivity index (χ2n) is 7.35. The zero-order valence-corrected chi connectivity index (χ0v) is 16.6. The molecule has 5 nitrogen and oxygen atoms in total. The van der Waals surface area contributed by atoms with Crippen molar-refractivity contribution in [2.75, 3.05) is 7.11 Å². The molecule has 1 aromatic carbocycles. The van der Waals surface area contributed by atoms with E-state index in [1.54, 1.807) is 13.2 Å². The summed E-state index contributed by atoms with van der Waals surface area (Å²) < 4.78 is 8.28. The fourth-order valence-corrected chi connectivity index (χ4v) is 5.13. The predicted octanol–water partition coefficient (Wildman–Crippen LogP) is 5.40. The van der Waals surface area contributed by atoms with Gasteiger partial charge in [0.1, 0.15) is 11.2 Å². The van der Waals surface area contributed by atoms with Crippen molar-refractivity contribution in [1.82, 2.24) is 4.57 Å². The number of aromatic carboxylic acids is 1. The molecule has 28 heavy (non-hydrogen) atoms. The van der Waals surface area contributed by atoms with Crippen LogP contribution in [0.15, 0.2) is 30.5 Å². The van der Waals surface area contributed by atoms with Crippen molar-refractivity contribution in [1.29, 1.82) is 0 Å². The Balaban J connectivity index is 1.91. The molecule has 0 atom stereocenters. The van der Waals surface area contributed by atoms with E-state index in [-0.39, 0.29) is 0 Å². The van der Waals surface area contributed by atoms with E-state index in [9.17, 15) is 14.7 Å². The van der Waals surface area contributed by atoms with Gasteiger partial charge < -0.3 is 14.4 Å². The molecular weight excluding hydrogens is 374 g/mol. The number of carboxylic acid groups (broad SMARTS) is 1. The molecule has 2 heterocycles. The molecule has 0 unspecified atom stereocenters. The van der Waals surface area contributed by atoms with Crippen LogP contribution in [0.4, 0.5) is 0 Å². The average Bonchev–Trinajstić information content (AvgIpc) is 3.30. The van der Waals surface area contributed by atoms with Crippen LogP contribution in [0.1, 0.15) is 69.2 Å². The lowest BCUT2D eigenvalue weighted by molar-refractivity contribution is 0.0702. The molecular formula is C22H23NO4S. The molecule has 146 valence electrons. The minimum absolute atomic E-state index is 0.324. The van der Waals surface area contributed by atoms with Crippen LogP contribution in [0, 0.1) is 0 Å². The van der Waals surface area contributed by atoms with E-state index in [1.807, 2.05) is 22.9 Å². The monoisotopic (exact) mass is 397 g/mol. The van der Waals surface area contributed by atoms with Gasteiger partial charge in [0.25, 0.3) is 0 Å². The summed E-state index contributed by atoms with van der Waals surface area (Å²) in [4.78, 5) is 23.4. The molecule has 1 N–H and O–H groups in total. The lowest BCUT2D eigenvalue weighted by Crippen LogP contribution is -2.11. The topological polar surface area (TPSA) is 68.5 Å². The van der Waals surface area contributed by atoms with Crippen molar-refractivity contribution in [3.05, 3.63) is 52.0 Å². The van der Waals surface area contributed by atoms with E-state index in [0.29, 0.717) is 23.0 Å². The number of fused-ring (bicyclic) bond motifs is 1. The van der Waals surface area contributed by atoms with E-state index in [0.717, 1.165) is 40.6 Å². The maximum absolute atomic E-state index is 11.7. The molecule has 0 bridgehead atoms. The van der Waals surface area contributed by atoms with Crippen molar-refractivity contribution in [2.24, 2.45) is 0 Å². The molecule has 3 aromatic rings. The molecule has 4 rings (SSSR count). The predicted molar refractivity (Wildman–Crippen MR) is 110 cm³/mol. The van der Waals surface area contributed by atoms with Crippen molar-refractivity contribution in [2.45, 2.75) is 44.6 Å². The fourth-order valence-electron chi connectivity index (χ4n) is 4.25. The summed E-state index contributed by atoms with van der Waals surface area (Å²) in [5, 5.41) is 9.34. The van der Waals surface area contributed by atoms with Gasteiger partial charge in [0, 0.05) is 24.6 Å². The van der Waals surface area contributed by atoms with Crippen molar-refractivity contribution < 1.29 is 19.4 Å². The lowest BCUT2D eigenvalue weighted by Gasteiger charge is -2.26. The van der Waals surface area contributed by atoms with E-state index in [4.69, 9.17) is 4.74 Å². The summed E-state index contributed by atoms with van der Waals surface area (Å²) in [6.07, 6.45) is 8.80. The van der Waals surface area contributed by atoms with Gasteiger partial charge >= 0.3 is 5.97 Å². The summed E-state index contributed by atoms with van der Waals surface area (Å²) in [7, 11) is 1.64. The first-order valence-electron chi connectivity index (χ1n) is 9.58. The summed E-state index contributed by atoms with van der Waals surface area (Å²) in [5.74, 6) is -0.473. The number of aromatic nitrogens is 1. The Labute approximate surface area is 167 Å². The van der Waals surface area contributed by atoms with Crippen molar-refractivity contribution in [3.63, 3.8) is 0 Å². The molecule has 1 aliphatic carbocycles. The lowest BCUT2D eigenvalue weighted by atomic mass is 9.82. The van der Waals surface area contributed by atoms with Crippen molar-refractivity contribution in [3.8, 4) is 5.69 Å². The van der Waals surface area contributed by atoms with Crippen molar-refractivity contribution >= 4 is 33.8 Å². The number of hydrogen-bond acceptors (Lipinski definition) is 4. The van der Waals surface area contributed by atoms with E-state index < -0.39 is 5.97 Å². The highest BCUT2D eigenvalue weighted by Gasteiger charge is 2.23. The summed E-state index contributed by atoms with van der Waals surface area (Å²) in [5.41, 5.74) is 4.58. The third-order valence-electron chi connectivity index (χ3n) is 5.61. The second kappa shape index (κ2) is 7.89. The molecule has 0 saturated heterocycles. The van der Waals surface area contributed by atoms with E-state index >= 15 is 0 Å². The number of hydrogen-bond donors (Lipinski definition) is 1. The maximum Gasteiger partial charge on any atom is 0.345 e. The highest BCUT2D eigenvalue weighted by molar-refractivity contribution is 7.20. The average molecular weight is 397 g/mol. The molecule has 1 aliphatic rings. The van der Waals surface area contributed by atoms with Gasteiger partial charge in [0.05, 0.1) is 16.8 Å². The van der Waals surface area contributed by atoms with Crippen LogP contribution in [0.25, 0.3) is 15.9 Å². The first-order chi connectivity index (χ1) is 13.6. The Bertz CT molecular complexity index is 1030. The number of thiophene rings is 1. The van der Waals surface area contributed by atoms with Gasteiger partial charge in [-0.3, -0.25) is 4.79 Å². The smallest absolute Gasteiger partial charge is 0.345 e. The highest BCUT2D eigenvalue weighted by atomic mass is 32.1. The number of methoxy groups -OCH3 is 1. The molecule has 2 aromatic heterocycles. The van der Waals surface area contributed by atoms with Gasteiger partial charge in [0.2, 0.25) is 0 Å². The van der Waals surface area contributed by atoms with Gasteiger partial charge in [-0.2, -0.15) is 0 Å². The SMILES string of the molecule is COCc1cc(C2CCCCC2)c(-n2ccc3sc(C(=O)O)cc32)cc1C=O. The van der Waals surface area contributed by atoms with Crippen LogP contribution >= 0.6 is 11.3 Å². The molecule has 6 heteroatoms. The van der Waals surface area contributed by atoms with Crippen LogP contribution in [-0.4, -0.2) is 29.0 Å². The minimum Gasteiger partial charge on any atom is -0.477 e. The largest absolute Gasteiger partial charge is 0.477 e. The van der Waals surface area contributed by atoms with Crippen LogP contribution in [0.3, 0.4) is 0 Å². The third kappa shape index (κ3) is 3.38. The Morgan fingerprint density at radius 1 is 1.29 bits per heavy atom. The van der Waals surface area contributed by atoms with Gasteiger partial charge in [-0.15, -0.1) is 11.3 Å². The number of ether oxygens (including phenoxy) is 1. The first-order valence-corrected chi connectivity index (χ1v) is 10.4. The summed E-state index contributed by atoms with van der Waals surface area (Å²) in [6, 6.07) is 7.72. The van der Waals surface area contributed by atoms with E-state index in [1.165, 1.54) is 36.2 Å². The Kier molecular flexibility index (Phi) is 5.33. The third-order valence-corrected chi connectivity index (χ3v) is 6.68. The molecule has 0 radical (unpaired) electrons. The number of carbonyl (C=O) groups excluding carboxylic acids is 1. The number of benzene rings is 1. The van der Waals surface area contributed by atoms with Gasteiger partial charge in [-0.1, -0.05) is 25.3 Å². The zero-order valence-electron chi connectivity index (χ0n) is 15.8. The molecule has 0 aliphatic heterocycles. The van der Waals surface area contributed by atoms with Crippen LogP contribution in [0.2, 0.25) is 0 Å². The number of carbonyl (C=O) groups is 2. The standard InChI is InChI=1S/C22H23NO4S/c1-27-13-16-9-17(14-5-3-2-4-6-14)18(10-15(16)12-24)23-8-7-20-19(23)11-21(28-20)22(25)26/h7-12,14H,2-6,13H2,1H3,(H,25,26). The molecule has 1 saturated carbocycles. The minimum atomic E-state index is -0.913. The van der Waals surface area contributed by atoms with Crippen LogP contribution in [0.5, 0.6) is 0 Å². The molecule has 1 fully saturated rings. The highest BCUT2D eigenvalue weighted by Crippen LogP contribution is 2.39. The number of aldehydes is 1. The van der Waals surface area contributed by atoms with E-state index in [2.05, 4.69) is 6.07 Å². The Hall–Kier alpha value is -2.44. The van der Waals surface area contributed by atoms with Gasteiger partial charge in [-0.25, -0.2) is 4.79 Å². The van der Waals surface area contributed by atoms with Gasteiger partial charge in [0.15, 0.2) is 0 Å². The fraction of sp³-hybridized carbons (Fsp3) is 0.364. The van der Waals surface area contributed by atoms with Gasteiger partial charge in [-0.05, 0) is 48.1 Å². The zero-order chi connectivity index (χ0) is 19.7. The summed E-state index contributed by atoms with van der Waals surface area (Å²) >= 11 is 1.27. The molecule has 0 spiro atoms. The van der Waals surface area contributed by atoms with Crippen LogP contribution in [-0.2, 0) is 11.3 Å². The normalized spacial score (nSPS) is 15.2. The number of carboxylic acids is 1. The maximum atomic E-state index is 11.7. The van der Waals surface area contributed by atoms with Crippen LogP contribution < -0.4 is 0 Å². The number of nitrogens with zero attached hydrogens (tertiary/aromatic N) is 1. The Morgan fingerprint density at radius 2 is 2.07 bits per heavy atom. The molecule has 0 amide bonds. The Morgan fingerprint density at radius 3 is 2.75 bits per heavy atom. The first kappa shape index (κ1) is 18.9. The second-order valence-corrected chi connectivity index (χ2v) is 8.43. The summed E-state index contributed by atoms with van der Waals surface area (Å²) in [6.45, 7) is 0.400. The number of rotatable bonds is 6. The quantitative estimate of drug-likeness (QED) is 0.566.